The van der Waals surface area contributed by atoms with Crippen molar-refractivity contribution in [3.8, 4) is 5.75 Å². The Kier molecular flexibility index (Phi) is 7.44. The summed E-state index contributed by atoms with van der Waals surface area (Å²) in [6.45, 7) is 8.24. The number of ether oxygens (including phenoxy) is 1. The average Bonchev–Trinajstić information content (AvgIpc) is 3.26. The molecule has 1 unspecified atom stereocenters. The molecule has 2 aromatic carbocycles. The summed E-state index contributed by atoms with van der Waals surface area (Å²) in [5, 5.41) is 8.18. The van der Waals surface area contributed by atoms with Crippen molar-refractivity contribution < 1.29 is 13.9 Å². The molecule has 4 rings (SSSR count). The van der Waals surface area contributed by atoms with E-state index in [9.17, 15) is 4.79 Å². The Morgan fingerprint density at radius 1 is 1.06 bits per heavy atom. The molecule has 1 fully saturated rings. The molecule has 8 heteroatoms. The van der Waals surface area contributed by atoms with E-state index in [4.69, 9.17) is 9.15 Å². The highest BCUT2D eigenvalue weighted by molar-refractivity contribution is 8.00. The molecule has 7 nitrogen and oxygen atoms in total. The largest absolute Gasteiger partial charge is 0.484 e. The standard InChI is InChI=1S/C24H28N4O3S/c1-18-8-10-21(11-9-18)30-17-22-25-26-24(31-22)32-19(2)23(29)28-14-12-27(13-15-28)16-20-6-4-3-5-7-20/h3-11,19H,12-17H2,1-2H3. The summed E-state index contributed by atoms with van der Waals surface area (Å²) in [7, 11) is 0. The molecule has 168 valence electrons. The molecule has 0 aliphatic carbocycles. The molecule has 1 saturated heterocycles. The van der Waals surface area contributed by atoms with E-state index in [1.807, 2.05) is 49.1 Å². The second kappa shape index (κ2) is 10.7. The van der Waals surface area contributed by atoms with Gasteiger partial charge in [-0.1, -0.05) is 59.8 Å². The number of carbonyl (C=O) groups excluding carboxylic acids is 1. The van der Waals surface area contributed by atoms with Crippen LogP contribution in [0.3, 0.4) is 0 Å². The van der Waals surface area contributed by atoms with Crippen LogP contribution in [0.15, 0.2) is 64.2 Å². The van der Waals surface area contributed by atoms with Crippen LogP contribution in [-0.2, 0) is 17.9 Å². The maximum absolute atomic E-state index is 12.9. The van der Waals surface area contributed by atoms with Crippen molar-refractivity contribution in [3.63, 3.8) is 0 Å². The average molecular weight is 453 g/mol. The zero-order chi connectivity index (χ0) is 22.3. The smallest absolute Gasteiger partial charge is 0.277 e. The Bertz CT molecular complexity index is 1000. The number of rotatable bonds is 8. The molecule has 1 aliphatic rings. The van der Waals surface area contributed by atoms with Crippen LogP contribution in [0.2, 0.25) is 0 Å². The number of aromatic nitrogens is 2. The third kappa shape index (κ3) is 6.11. The predicted octanol–water partition coefficient (Wildman–Crippen LogP) is 3.78. The molecule has 0 saturated carbocycles. The summed E-state index contributed by atoms with van der Waals surface area (Å²) in [5.74, 6) is 1.24. The first kappa shape index (κ1) is 22.4. The van der Waals surface area contributed by atoms with Gasteiger partial charge in [-0.2, -0.15) is 0 Å². The van der Waals surface area contributed by atoms with Crippen molar-refractivity contribution in [2.45, 2.75) is 37.5 Å². The highest BCUT2D eigenvalue weighted by Crippen LogP contribution is 2.24. The monoisotopic (exact) mass is 452 g/mol. The van der Waals surface area contributed by atoms with E-state index >= 15 is 0 Å². The van der Waals surface area contributed by atoms with E-state index in [-0.39, 0.29) is 17.8 Å². The molecule has 1 amide bonds. The van der Waals surface area contributed by atoms with Gasteiger partial charge >= 0.3 is 0 Å². The Balaban J connectivity index is 1.22. The zero-order valence-corrected chi connectivity index (χ0v) is 19.3. The molecule has 1 aromatic heterocycles. The van der Waals surface area contributed by atoms with Crippen LogP contribution < -0.4 is 4.74 Å². The number of nitrogens with zero attached hydrogens (tertiary/aromatic N) is 4. The summed E-state index contributed by atoms with van der Waals surface area (Å²) < 4.78 is 11.3. The third-order valence-electron chi connectivity index (χ3n) is 5.39. The van der Waals surface area contributed by atoms with E-state index in [2.05, 4.69) is 39.4 Å². The van der Waals surface area contributed by atoms with E-state index in [1.165, 1.54) is 22.9 Å². The van der Waals surface area contributed by atoms with Gasteiger partial charge in [-0.15, -0.1) is 10.2 Å². The lowest BCUT2D eigenvalue weighted by atomic mass is 10.2. The number of carbonyl (C=O) groups is 1. The van der Waals surface area contributed by atoms with Crippen molar-refractivity contribution in [2.24, 2.45) is 0 Å². The molecule has 3 aromatic rings. The van der Waals surface area contributed by atoms with E-state index in [0.29, 0.717) is 11.1 Å². The van der Waals surface area contributed by atoms with Gasteiger partial charge in [0, 0.05) is 32.7 Å². The van der Waals surface area contributed by atoms with Gasteiger partial charge in [-0.25, -0.2) is 0 Å². The van der Waals surface area contributed by atoms with Gasteiger partial charge in [0.25, 0.3) is 11.1 Å². The summed E-state index contributed by atoms with van der Waals surface area (Å²) >= 11 is 1.29. The van der Waals surface area contributed by atoms with Gasteiger partial charge in [0.05, 0.1) is 5.25 Å². The van der Waals surface area contributed by atoms with Crippen molar-refractivity contribution in [1.29, 1.82) is 0 Å². The molecule has 32 heavy (non-hydrogen) atoms. The Labute approximate surface area is 192 Å². The molecule has 0 bridgehead atoms. The minimum absolute atomic E-state index is 0.102. The molecule has 0 radical (unpaired) electrons. The van der Waals surface area contributed by atoms with Gasteiger partial charge in [0.15, 0.2) is 6.61 Å². The number of aryl methyl sites for hydroxylation is 1. The molecular weight excluding hydrogens is 424 g/mol. The Morgan fingerprint density at radius 3 is 2.50 bits per heavy atom. The van der Waals surface area contributed by atoms with Gasteiger partial charge in [-0.3, -0.25) is 9.69 Å². The maximum atomic E-state index is 12.9. The van der Waals surface area contributed by atoms with Gasteiger partial charge in [0.1, 0.15) is 5.75 Å². The minimum atomic E-state index is -0.290. The number of amides is 1. The predicted molar refractivity (Wildman–Crippen MR) is 123 cm³/mol. The molecule has 2 heterocycles. The lowest BCUT2D eigenvalue weighted by Crippen LogP contribution is -2.50. The Morgan fingerprint density at radius 2 is 1.78 bits per heavy atom. The fraction of sp³-hybridized carbons (Fsp3) is 0.375. The van der Waals surface area contributed by atoms with Crippen molar-refractivity contribution in [3.05, 3.63) is 71.6 Å². The van der Waals surface area contributed by atoms with E-state index < -0.39 is 0 Å². The summed E-state index contributed by atoms with van der Waals surface area (Å²) in [6.07, 6.45) is 0. The number of piperazine rings is 1. The van der Waals surface area contributed by atoms with Gasteiger partial charge in [-0.05, 0) is 31.5 Å². The molecular formula is C24H28N4O3S. The fourth-order valence-corrected chi connectivity index (χ4v) is 4.34. The quantitative estimate of drug-likeness (QED) is 0.482. The van der Waals surface area contributed by atoms with E-state index in [1.54, 1.807) is 0 Å². The molecule has 0 spiro atoms. The second-order valence-electron chi connectivity index (χ2n) is 7.91. The maximum Gasteiger partial charge on any atom is 0.277 e. The normalized spacial score (nSPS) is 15.5. The molecule has 0 N–H and O–H groups in total. The lowest BCUT2D eigenvalue weighted by Gasteiger charge is -2.35. The number of benzene rings is 2. The van der Waals surface area contributed by atoms with Crippen LogP contribution >= 0.6 is 11.8 Å². The lowest BCUT2D eigenvalue weighted by molar-refractivity contribution is -0.132. The SMILES string of the molecule is Cc1ccc(OCc2nnc(SC(C)C(=O)N3CCN(Cc4ccccc4)CC3)o2)cc1. The van der Waals surface area contributed by atoms with Crippen molar-refractivity contribution >= 4 is 17.7 Å². The van der Waals surface area contributed by atoms with Gasteiger partial charge < -0.3 is 14.1 Å². The number of hydrogen-bond acceptors (Lipinski definition) is 7. The number of hydrogen-bond donors (Lipinski definition) is 0. The third-order valence-corrected chi connectivity index (χ3v) is 6.31. The van der Waals surface area contributed by atoms with Crippen LogP contribution in [0.25, 0.3) is 0 Å². The fourth-order valence-electron chi connectivity index (χ4n) is 3.55. The number of thioether (sulfide) groups is 1. The molecule has 1 atom stereocenters. The Hall–Kier alpha value is -2.84. The van der Waals surface area contributed by atoms with Crippen LogP contribution in [0, 0.1) is 6.92 Å². The second-order valence-corrected chi connectivity index (χ2v) is 9.20. The minimum Gasteiger partial charge on any atom is -0.484 e. The zero-order valence-electron chi connectivity index (χ0n) is 18.4. The highest BCUT2D eigenvalue weighted by atomic mass is 32.2. The first-order valence-electron chi connectivity index (χ1n) is 10.8. The van der Waals surface area contributed by atoms with Crippen LogP contribution in [-0.4, -0.2) is 57.3 Å². The molecule has 1 aliphatic heterocycles. The first-order chi connectivity index (χ1) is 15.6. The van der Waals surface area contributed by atoms with Crippen LogP contribution in [0.1, 0.15) is 23.9 Å². The highest BCUT2D eigenvalue weighted by Gasteiger charge is 2.27. The summed E-state index contributed by atoms with van der Waals surface area (Å²) in [5.41, 5.74) is 2.47. The van der Waals surface area contributed by atoms with Crippen LogP contribution in [0.4, 0.5) is 0 Å². The summed E-state index contributed by atoms with van der Waals surface area (Å²) in [6, 6.07) is 18.2. The van der Waals surface area contributed by atoms with Crippen molar-refractivity contribution in [2.75, 3.05) is 26.2 Å². The topological polar surface area (TPSA) is 71.7 Å². The van der Waals surface area contributed by atoms with Gasteiger partial charge in [0.2, 0.25) is 5.91 Å². The van der Waals surface area contributed by atoms with Crippen LogP contribution in [0.5, 0.6) is 5.75 Å². The first-order valence-corrected chi connectivity index (χ1v) is 11.7. The van der Waals surface area contributed by atoms with Crippen molar-refractivity contribution in [1.82, 2.24) is 20.0 Å². The van der Waals surface area contributed by atoms with E-state index in [0.717, 1.165) is 38.5 Å². The summed E-state index contributed by atoms with van der Waals surface area (Å²) in [4.78, 5) is 17.2.